The molecule has 2 aromatic rings. The number of carbonyl (C=O) groups excluding carboxylic acids is 1. The summed E-state index contributed by atoms with van der Waals surface area (Å²) < 4.78 is 5.79. The van der Waals surface area contributed by atoms with Gasteiger partial charge in [0.05, 0.1) is 19.6 Å². The van der Waals surface area contributed by atoms with Crippen molar-refractivity contribution in [3.63, 3.8) is 0 Å². The highest BCUT2D eigenvalue weighted by molar-refractivity contribution is 5.79. The number of ether oxygens (including phenoxy) is 1. The molecule has 0 radical (unpaired) electrons. The van der Waals surface area contributed by atoms with Gasteiger partial charge in [0.2, 0.25) is 5.91 Å². The Morgan fingerprint density at radius 2 is 2.16 bits per heavy atom. The average molecular weight is 339 g/mol. The largest absolute Gasteiger partial charge is 0.367 e. The quantitative estimate of drug-likeness (QED) is 0.935. The van der Waals surface area contributed by atoms with E-state index in [9.17, 15) is 4.79 Å². The fourth-order valence-corrected chi connectivity index (χ4v) is 3.82. The maximum absolute atomic E-state index is 12.8. The van der Waals surface area contributed by atoms with Gasteiger partial charge in [0, 0.05) is 18.4 Å². The normalized spacial score (nSPS) is 20.4. The molecule has 1 fully saturated rings. The smallest absolute Gasteiger partial charge is 0.227 e. The summed E-state index contributed by atoms with van der Waals surface area (Å²) in [4.78, 5) is 22.2. The van der Waals surface area contributed by atoms with Crippen LogP contribution < -0.4 is 0 Å². The third-order valence-electron chi connectivity index (χ3n) is 5.21. The van der Waals surface area contributed by atoms with Crippen molar-refractivity contribution in [2.24, 2.45) is 0 Å². The number of aromatic nitrogens is 2. The molecule has 2 aliphatic rings. The van der Waals surface area contributed by atoms with Gasteiger partial charge in [0.1, 0.15) is 11.9 Å². The molecule has 1 atom stereocenters. The molecular formula is C20H25N3O2. The molecule has 1 aromatic carbocycles. The van der Waals surface area contributed by atoms with Gasteiger partial charge in [0.25, 0.3) is 0 Å². The number of nitrogens with one attached hydrogen (secondary N) is 1. The van der Waals surface area contributed by atoms with Crippen LogP contribution in [-0.2, 0) is 28.8 Å². The van der Waals surface area contributed by atoms with E-state index in [0.29, 0.717) is 26.1 Å². The van der Waals surface area contributed by atoms with Crippen molar-refractivity contribution in [1.29, 1.82) is 0 Å². The average Bonchev–Trinajstić information content (AvgIpc) is 3.08. The third-order valence-corrected chi connectivity index (χ3v) is 5.21. The molecule has 1 amide bonds. The van der Waals surface area contributed by atoms with Crippen molar-refractivity contribution in [3.8, 4) is 0 Å². The van der Waals surface area contributed by atoms with Crippen LogP contribution in [0.25, 0.3) is 0 Å². The van der Waals surface area contributed by atoms with Crippen LogP contribution in [0.5, 0.6) is 0 Å². The molecule has 1 N–H and O–H groups in total. The summed E-state index contributed by atoms with van der Waals surface area (Å²) in [5.41, 5.74) is 5.03. The van der Waals surface area contributed by atoms with Gasteiger partial charge in [-0.15, -0.1) is 0 Å². The molecule has 132 valence electrons. The lowest BCUT2D eigenvalue weighted by atomic mass is 9.90. The lowest BCUT2D eigenvalue weighted by molar-refractivity contribution is -0.138. The second-order valence-electron chi connectivity index (χ2n) is 7.14. The highest BCUT2D eigenvalue weighted by Gasteiger charge is 2.27. The van der Waals surface area contributed by atoms with Gasteiger partial charge in [-0.05, 0) is 49.3 Å². The minimum Gasteiger partial charge on any atom is -0.367 e. The molecule has 1 saturated heterocycles. The van der Waals surface area contributed by atoms with Gasteiger partial charge < -0.3 is 14.6 Å². The van der Waals surface area contributed by atoms with Crippen molar-refractivity contribution in [1.82, 2.24) is 14.9 Å². The number of H-pyrrole nitrogens is 1. The van der Waals surface area contributed by atoms with Gasteiger partial charge in [-0.2, -0.15) is 0 Å². The Morgan fingerprint density at radius 3 is 2.96 bits per heavy atom. The molecule has 4 rings (SSSR count). The second-order valence-corrected chi connectivity index (χ2v) is 7.14. The van der Waals surface area contributed by atoms with Crippen molar-refractivity contribution in [2.75, 3.05) is 19.7 Å². The summed E-state index contributed by atoms with van der Waals surface area (Å²) in [7, 11) is 0. The first-order chi connectivity index (χ1) is 12.2. The summed E-state index contributed by atoms with van der Waals surface area (Å²) in [6.07, 6.45) is 6.98. The molecule has 5 heteroatoms. The fourth-order valence-electron chi connectivity index (χ4n) is 3.82. The summed E-state index contributed by atoms with van der Waals surface area (Å²) >= 11 is 0. The molecular weight excluding hydrogens is 314 g/mol. The molecule has 25 heavy (non-hydrogen) atoms. The Morgan fingerprint density at radius 1 is 1.32 bits per heavy atom. The van der Waals surface area contributed by atoms with Crippen LogP contribution in [0.2, 0.25) is 0 Å². The molecule has 0 saturated carbocycles. The number of aromatic amines is 1. The summed E-state index contributed by atoms with van der Waals surface area (Å²) in [6.45, 7) is 3.75. The number of rotatable bonds is 3. The van der Waals surface area contributed by atoms with Gasteiger partial charge >= 0.3 is 0 Å². The number of carbonyl (C=O) groups is 1. The fraction of sp³-hybridized carbons (Fsp3) is 0.500. The van der Waals surface area contributed by atoms with Gasteiger partial charge in [-0.25, -0.2) is 4.98 Å². The van der Waals surface area contributed by atoms with E-state index in [1.165, 1.54) is 30.4 Å². The van der Waals surface area contributed by atoms with Crippen LogP contribution in [0, 0.1) is 6.92 Å². The first kappa shape index (κ1) is 16.3. The minimum atomic E-state index is -0.157. The number of hydrogen-bond donors (Lipinski definition) is 1. The summed E-state index contributed by atoms with van der Waals surface area (Å²) in [6, 6.07) is 6.57. The Bertz CT molecular complexity index is 768. The predicted molar refractivity (Wildman–Crippen MR) is 95.4 cm³/mol. The van der Waals surface area contributed by atoms with Crippen LogP contribution in [0.4, 0.5) is 0 Å². The standard InChI is InChI=1S/C20H25N3O2/c1-14-12-21-20(22-14)18-13-23(8-9-25-18)19(24)11-15-6-7-16-4-2-3-5-17(16)10-15/h6-7,10,12,18H,2-5,8-9,11,13H2,1H3,(H,21,22)/t18-/m0/s1. The summed E-state index contributed by atoms with van der Waals surface area (Å²) in [5, 5.41) is 0. The minimum absolute atomic E-state index is 0.157. The number of hydrogen-bond acceptors (Lipinski definition) is 3. The van der Waals surface area contributed by atoms with Crippen molar-refractivity contribution >= 4 is 5.91 Å². The number of nitrogens with zero attached hydrogens (tertiary/aromatic N) is 2. The summed E-state index contributed by atoms with van der Waals surface area (Å²) in [5.74, 6) is 0.983. The topological polar surface area (TPSA) is 58.2 Å². The Hall–Kier alpha value is -2.14. The van der Waals surface area contributed by atoms with E-state index in [0.717, 1.165) is 23.5 Å². The van der Waals surface area contributed by atoms with Crippen LogP contribution in [0.3, 0.4) is 0 Å². The van der Waals surface area contributed by atoms with E-state index in [4.69, 9.17) is 4.74 Å². The van der Waals surface area contributed by atoms with Gasteiger partial charge in [-0.1, -0.05) is 18.2 Å². The second kappa shape index (κ2) is 7.00. The number of benzene rings is 1. The Kier molecular flexibility index (Phi) is 4.57. The zero-order chi connectivity index (χ0) is 17.2. The molecule has 2 heterocycles. The number of aryl methyl sites for hydroxylation is 3. The van der Waals surface area contributed by atoms with Crippen molar-refractivity contribution < 1.29 is 9.53 Å². The number of morpholine rings is 1. The Labute approximate surface area is 148 Å². The van der Waals surface area contributed by atoms with Crippen LogP contribution in [0.15, 0.2) is 24.4 Å². The zero-order valence-electron chi connectivity index (χ0n) is 14.8. The van der Waals surface area contributed by atoms with Crippen molar-refractivity contribution in [3.05, 3.63) is 52.6 Å². The van der Waals surface area contributed by atoms with Crippen LogP contribution in [-0.4, -0.2) is 40.5 Å². The number of fused-ring (bicyclic) bond motifs is 1. The van der Waals surface area contributed by atoms with E-state index < -0.39 is 0 Å². The van der Waals surface area contributed by atoms with Gasteiger partial charge in [0.15, 0.2) is 0 Å². The maximum Gasteiger partial charge on any atom is 0.227 e. The van der Waals surface area contributed by atoms with E-state index >= 15 is 0 Å². The Balaban J connectivity index is 1.42. The molecule has 0 spiro atoms. The molecule has 1 aliphatic heterocycles. The SMILES string of the molecule is Cc1cnc([C@@H]2CN(C(=O)Cc3ccc4c(c3)CCCC4)CCO2)[nH]1. The first-order valence-electron chi connectivity index (χ1n) is 9.20. The molecule has 0 unspecified atom stereocenters. The molecule has 5 nitrogen and oxygen atoms in total. The van der Waals surface area contributed by atoms with Crippen molar-refractivity contribution in [2.45, 2.75) is 45.1 Å². The monoisotopic (exact) mass is 339 g/mol. The zero-order valence-corrected chi connectivity index (χ0v) is 14.8. The number of amides is 1. The molecule has 1 aliphatic carbocycles. The van der Waals surface area contributed by atoms with Crippen LogP contribution >= 0.6 is 0 Å². The van der Waals surface area contributed by atoms with E-state index in [-0.39, 0.29) is 12.0 Å². The van der Waals surface area contributed by atoms with Gasteiger partial charge in [-0.3, -0.25) is 4.79 Å². The molecule has 1 aromatic heterocycles. The van der Waals surface area contributed by atoms with E-state index in [1.807, 2.05) is 11.8 Å². The van der Waals surface area contributed by atoms with E-state index in [1.54, 1.807) is 6.20 Å². The lowest BCUT2D eigenvalue weighted by Gasteiger charge is -2.32. The third kappa shape index (κ3) is 3.61. The first-order valence-corrected chi connectivity index (χ1v) is 9.20. The number of imidazole rings is 1. The highest BCUT2D eigenvalue weighted by Crippen LogP contribution is 2.24. The predicted octanol–water partition coefficient (Wildman–Crippen LogP) is 2.74. The highest BCUT2D eigenvalue weighted by atomic mass is 16.5. The molecule has 0 bridgehead atoms. The lowest BCUT2D eigenvalue weighted by Crippen LogP contribution is -2.43. The van der Waals surface area contributed by atoms with E-state index in [2.05, 4.69) is 28.2 Å². The van der Waals surface area contributed by atoms with Crippen LogP contribution in [0.1, 0.15) is 47.2 Å². The maximum atomic E-state index is 12.8.